The summed E-state index contributed by atoms with van der Waals surface area (Å²) < 4.78 is 0. The first-order chi connectivity index (χ1) is 15.1. The summed E-state index contributed by atoms with van der Waals surface area (Å²) in [5, 5.41) is 17.7. The van der Waals surface area contributed by atoms with Crippen molar-refractivity contribution >= 4 is 28.9 Å². The van der Waals surface area contributed by atoms with Gasteiger partial charge in [0.25, 0.3) is 5.69 Å². The summed E-state index contributed by atoms with van der Waals surface area (Å²) >= 11 is 6.44. The van der Waals surface area contributed by atoms with Crippen molar-refractivity contribution in [3.8, 4) is 22.5 Å². The fourth-order valence-corrected chi connectivity index (χ4v) is 3.27. The standard InChI is InChI=1S/C21H18ClN7O2/c22-18-4-2-1-3-15(18)16-11-20(28-13-17(16)21-25-9-10-26-21)24-8-7-23-19-6-5-14(12-27-19)29(30)31/h1-6,9-13H,7-8H2,(H,23,27)(H,24,28)(H,25,26). The lowest BCUT2D eigenvalue weighted by Crippen LogP contribution is -2.15. The van der Waals surface area contributed by atoms with Crippen LogP contribution in [0.1, 0.15) is 0 Å². The van der Waals surface area contributed by atoms with Gasteiger partial charge in [-0.25, -0.2) is 15.0 Å². The number of aromatic nitrogens is 4. The summed E-state index contributed by atoms with van der Waals surface area (Å²) in [6.45, 7) is 1.11. The van der Waals surface area contributed by atoms with Crippen LogP contribution < -0.4 is 10.6 Å². The highest BCUT2D eigenvalue weighted by atomic mass is 35.5. The molecule has 31 heavy (non-hydrogen) atoms. The van der Waals surface area contributed by atoms with E-state index in [1.165, 1.54) is 12.3 Å². The zero-order chi connectivity index (χ0) is 21.6. The smallest absolute Gasteiger partial charge is 0.287 e. The van der Waals surface area contributed by atoms with Crippen LogP contribution >= 0.6 is 11.6 Å². The number of benzene rings is 1. The Hall–Kier alpha value is -3.98. The van der Waals surface area contributed by atoms with Gasteiger partial charge in [0.15, 0.2) is 0 Å². The third-order valence-electron chi connectivity index (χ3n) is 4.52. The Morgan fingerprint density at radius 1 is 0.935 bits per heavy atom. The summed E-state index contributed by atoms with van der Waals surface area (Å²) in [4.78, 5) is 26.2. The molecule has 3 aromatic heterocycles. The van der Waals surface area contributed by atoms with Gasteiger partial charge in [-0.3, -0.25) is 10.1 Å². The molecule has 10 heteroatoms. The lowest BCUT2D eigenvalue weighted by Gasteiger charge is -2.13. The quantitative estimate of drug-likeness (QED) is 0.210. The Labute approximate surface area is 182 Å². The summed E-state index contributed by atoms with van der Waals surface area (Å²) in [6, 6.07) is 12.5. The van der Waals surface area contributed by atoms with E-state index in [-0.39, 0.29) is 5.69 Å². The van der Waals surface area contributed by atoms with Crippen molar-refractivity contribution in [2.75, 3.05) is 23.7 Å². The highest BCUT2D eigenvalue weighted by Crippen LogP contribution is 2.35. The van der Waals surface area contributed by atoms with Gasteiger partial charge in [-0.2, -0.15) is 0 Å². The second-order valence-electron chi connectivity index (χ2n) is 6.55. The third-order valence-corrected chi connectivity index (χ3v) is 4.85. The van der Waals surface area contributed by atoms with E-state index in [9.17, 15) is 10.1 Å². The van der Waals surface area contributed by atoms with Crippen LogP contribution in [0.15, 0.2) is 67.3 Å². The average molecular weight is 436 g/mol. The molecule has 0 amide bonds. The number of nitro groups is 1. The van der Waals surface area contributed by atoms with Crippen LogP contribution in [-0.2, 0) is 0 Å². The van der Waals surface area contributed by atoms with E-state index in [1.807, 2.05) is 30.3 Å². The minimum Gasteiger partial charge on any atom is -0.368 e. The summed E-state index contributed by atoms with van der Waals surface area (Å²) in [5.41, 5.74) is 2.59. The molecule has 4 rings (SSSR count). The molecule has 3 heterocycles. The number of imidazole rings is 1. The number of anilines is 2. The second kappa shape index (κ2) is 9.23. The van der Waals surface area contributed by atoms with Crippen molar-refractivity contribution in [2.24, 2.45) is 0 Å². The first kappa shape index (κ1) is 20.3. The Bertz CT molecular complexity index is 1180. The number of nitrogens with zero attached hydrogens (tertiary/aromatic N) is 4. The molecule has 0 saturated carbocycles. The van der Waals surface area contributed by atoms with Crippen molar-refractivity contribution in [1.29, 1.82) is 0 Å². The number of rotatable bonds is 8. The molecule has 0 radical (unpaired) electrons. The van der Waals surface area contributed by atoms with E-state index in [2.05, 4.69) is 30.6 Å². The SMILES string of the molecule is O=[N+]([O-])c1ccc(NCCNc2cc(-c3ccccc3Cl)c(-c3ncc[nH]3)cn2)nc1. The molecule has 1 aromatic carbocycles. The number of halogens is 1. The molecule has 3 N–H and O–H groups in total. The summed E-state index contributed by atoms with van der Waals surface area (Å²) in [6.07, 6.45) is 6.43. The fraction of sp³-hybridized carbons (Fsp3) is 0.0952. The Morgan fingerprint density at radius 2 is 1.71 bits per heavy atom. The van der Waals surface area contributed by atoms with Gasteiger partial charge in [0, 0.05) is 53.9 Å². The van der Waals surface area contributed by atoms with Crippen molar-refractivity contribution in [3.05, 3.63) is 82.4 Å². The van der Waals surface area contributed by atoms with Gasteiger partial charge in [-0.1, -0.05) is 29.8 Å². The van der Waals surface area contributed by atoms with Crippen molar-refractivity contribution in [2.45, 2.75) is 0 Å². The first-order valence-corrected chi connectivity index (χ1v) is 9.82. The van der Waals surface area contributed by atoms with Crippen molar-refractivity contribution in [3.63, 3.8) is 0 Å². The minimum atomic E-state index is -0.479. The van der Waals surface area contributed by atoms with Crippen LogP contribution in [0.4, 0.5) is 17.3 Å². The van der Waals surface area contributed by atoms with Gasteiger partial charge in [0.2, 0.25) is 0 Å². The predicted molar refractivity (Wildman–Crippen MR) is 120 cm³/mol. The van der Waals surface area contributed by atoms with Gasteiger partial charge >= 0.3 is 0 Å². The molecule has 0 aliphatic heterocycles. The Balaban J connectivity index is 1.47. The van der Waals surface area contributed by atoms with E-state index in [0.717, 1.165) is 16.7 Å². The van der Waals surface area contributed by atoms with Crippen LogP contribution in [0.3, 0.4) is 0 Å². The van der Waals surface area contributed by atoms with Gasteiger partial charge < -0.3 is 15.6 Å². The number of aromatic amines is 1. The van der Waals surface area contributed by atoms with Gasteiger partial charge in [0.1, 0.15) is 23.7 Å². The molecule has 0 bridgehead atoms. The van der Waals surface area contributed by atoms with Crippen molar-refractivity contribution < 1.29 is 4.92 Å². The van der Waals surface area contributed by atoms with Crippen molar-refractivity contribution in [1.82, 2.24) is 19.9 Å². The zero-order valence-electron chi connectivity index (χ0n) is 16.2. The molecule has 9 nitrogen and oxygen atoms in total. The number of pyridine rings is 2. The normalized spacial score (nSPS) is 10.6. The molecule has 0 spiro atoms. The van der Waals surface area contributed by atoms with Gasteiger partial charge in [-0.05, 0) is 23.8 Å². The van der Waals surface area contributed by atoms with Crippen LogP contribution in [0.2, 0.25) is 5.02 Å². The van der Waals surface area contributed by atoms with Crippen LogP contribution in [-0.4, -0.2) is 37.9 Å². The summed E-state index contributed by atoms with van der Waals surface area (Å²) in [7, 11) is 0. The minimum absolute atomic E-state index is 0.0448. The van der Waals surface area contributed by atoms with Crippen LogP contribution in [0.5, 0.6) is 0 Å². The largest absolute Gasteiger partial charge is 0.368 e. The number of hydrogen-bond donors (Lipinski definition) is 3. The fourth-order valence-electron chi connectivity index (χ4n) is 3.04. The predicted octanol–water partition coefficient (Wildman–Crippen LogP) is 4.62. The monoisotopic (exact) mass is 435 g/mol. The highest BCUT2D eigenvalue weighted by molar-refractivity contribution is 6.33. The van der Waals surface area contributed by atoms with E-state index < -0.39 is 4.92 Å². The molecule has 0 fully saturated rings. The molecule has 4 aromatic rings. The first-order valence-electron chi connectivity index (χ1n) is 9.45. The second-order valence-corrected chi connectivity index (χ2v) is 6.95. The van der Waals surface area contributed by atoms with Gasteiger partial charge in [-0.15, -0.1) is 0 Å². The van der Waals surface area contributed by atoms with E-state index in [0.29, 0.717) is 35.6 Å². The topological polar surface area (TPSA) is 122 Å². The maximum Gasteiger partial charge on any atom is 0.287 e. The molecule has 0 unspecified atom stereocenters. The van der Waals surface area contributed by atoms with Crippen LogP contribution in [0, 0.1) is 10.1 Å². The molecular formula is C21H18ClN7O2. The summed E-state index contributed by atoms with van der Waals surface area (Å²) in [5.74, 6) is 1.95. The highest BCUT2D eigenvalue weighted by Gasteiger charge is 2.14. The zero-order valence-corrected chi connectivity index (χ0v) is 17.0. The average Bonchev–Trinajstić information content (AvgIpc) is 3.32. The van der Waals surface area contributed by atoms with E-state index in [1.54, 1.807) is 24.7 Å². The van der Waals surface area contributed by atoms with E-state index in [4.69, 9.17) is 11.6 Å². The molecule has 0 aliphatic rings. The lowest BCUT2D eigenvalue weighted by atomic mass is 10.0. The number of H-pyrrole nitrogens is 1. The molecular weight excluding hydrogens is 418 g/mol. The molecule has 0 aliphatic carbocycles. The Morgan fingerprint density at radius 3 is 2.39 bits per heavy atom. The van der Waals surface area contributed by atoms with Crippen LogP contribution in [0.25, 0.3) is 22.5 Å². The Kier molecular flexibility index (Phi) is 6.04. The number of hydrogen-bond acceptors (Lipinski definition) is 7. The molecule has 0 saturated heterocycles. The maximum absolute atomic E-state index is 10.7. The van der Waals surface area contributed by atoms with E-state index >= 15 is 0 Å². The number of nitrogens with one attached hydrogen (secondary N) is 3. The third kappa shape index (κ3) is 4.78. The molecule has 156 valence electrons. The molecule has 0 atom stereocenters. The maximum atomic E-state index is 10.7. The van der Waals surface area contributed by atoms with Gasteiger partial charge in [0.05, 0.1) is 4.92 Å². The lowest BCUT2D eigenvalue weighted by molar-refractivity contribution is -0.385.